The van der Waals surface area contributed by atoms with E-state index in [2.05, 4.69) is 0 Å². The zero-order valence-corrected chi connectivity index (χ0v) is 15.9. The third-order valence-electron chi connectivity index (χ3n) is 4.03. The maximum absolute atomic E-state index is 13.0. The predicted octanol–water partition coefficient (Wildman–Crippen LogP) is 4.28. The molecule has 2 amide bonds. The number of carbonyl (C=O) groups is 2. The number of non-ortho nitro benzene ring substituents is 1. The van der Waals surface area contributed by atoms with Crippen LogP contribution in [0.4, 0.5) is 5.69 Å². The van der Waals surface area contributed by atoms with Gasteiger partial charge >= 0.3 is 0 Å². The van der Waals surface area contributed by atoms with E-state index in [-0.39, 0.29) is 23.7 Å². The molecule has 8 heteroatoms. The van der Waals surface area contributed by atoms with Crippen LogP contribution in [-0.4, -0.2) is 27.4 Å². The summed E-state index contributed by atoms with van der Waals surface area (Å²) < 4.78 is 0. The van der Waals surface area contributed by atoms with Crippen molar-refractivity contribution in [2.45, 2.75) is 13.5 Å². The van der Waals surface area contributed by atoms with Crippen LogP contribution in [0.1, 0.15) is 18.1 Å². The number of nitro benzene ring substituents is 1. The molecule has 2 aromatic carbocycles. The van der Waals surface area contributed by atoms with Gasteiger partial charge in [-0.1, -0.05) is 30.7 Å². The number of nitro groups is 1. The number of thioether (sulfide) groups is 1. The molecule has 0 atom stereocenters. The van der Waals surface area contributed by atoms with Gasteiger partial charge in [0.05, 0.1) is 21.9 Å². The maximum atomic E-state index is 13.0. The van der Waals surface area contributed by atoms with Crippen molar-refractivity contribution in [2.75, 3.05) is 5.75 Å². The predicted molar refractivity (Wildman–Crippen MR) is 105 cm³/mol. The SMILES string of the molecule is CCSC1=C(c2ccc([N+](=O)[O-])cc2)C(=O)N(Cc2ccc(Cl)cc2)C1=O. The van der Waals surface area contributed by atoms with E-state index in [9.17, 15) is 19.7 Å². The minimum absolute atomic E-state index is 0.0705. The van der Waals surface area contributed by atoms with E-state index in [0.29, 0.717) is 21.2 Å². The molecule has 3 rings (SSSR count). The summed E-state index contributed by atoms with van der Waals surface area (Å²) in [7, 11) is 0. The molecule has 0 N–H and O–H groups in total. The first-order valence-corrected chi connectivity index (χ1v) is 9.51. The molecule has 0 spiro atoms. The molecule has 1 aliphatic rings. The van der Waals surface area contributed by atoms with Crippen molar-refractivity contribution in [1.29, 1.82) is 0 Å². The van der Waals surface area contributed by atoms with Gasteiger partial charge in [0.2, 0.25) is 0 Å². The Morgan fingerprint density at radius 2 is 1.67 bits per heavy atom. The topological polar surface area (TPSA) is 80.5 Å². The van der Waals surface area contributed by atoms with Gasteiger partial charge in [-0.15, -0.1) is 11.8 Å². The third-order valence-corrected chi connectivity index (χ3v) is 5.24. The molecular formula is C19H15ClN2O4S. The average molecular weight is 403 g/mol. The number of hydrogen-bond acceptors (Lipinski definition) is 5. The molecule has 1 heterocycles. The van der Waals surface area contributed by atoms with E-state index in [1.54, 1.807) is 24.3 Å². The van der Waals surface area contributed by atoms with Gasteiger partial charge in [0.1, 0.15) is 0 Å². The second-order valence-electron chi connectivity index (χ2n) is 5.76. The monoisotopic (exact) mass is 402 g/mol. The Kier molecular flexibility index (Phi) is 5.62. The second kappa shape index (κ2) is 7.94. The first-order chi connectivity index (χ1) is 12.9. The zero-order chi connectivity index (χ0) is 19.6. The fraction of sp³-hybridized carbons (Fsp3) is 0.158. The van der Waals surface area contributed by atoms with Crippen LogP contribution in [0.5, 0.6) is 0 Å². The van der Waals surface area contributed by atoms with Crippen LogP contribution in [0.25, 0.3) is 5.57 Å². The summed E-state index contributed by atoms with van der Waals surface area (Å²) >= 11 is 7.17. The molecule has 27 heavy (non-hydrogen) atoms. The van der Waals surface area contributed by atoms with Crippen molar-refractivity contribution in [3.8, 4) is 0 Å². The van der Waals surface area contributed by atoms with Crippen LogP contribution in [0.2, 0.25) is 5.02 Å². The highest BCUT2D eigenvalue weighted by atomic mass is 35.5. The third kappa shape index (κ3) is 3.89. The van der Waals surface area contributed by atoms with Gasteiger partial charge in [0, 0.05) is 17.2 Å². The number of imide groups is 1. The lowest BCUT2D eigenvalue weighted by Gasteiger charge is -2.15. The first-order valence-electron chi connectivity index (χ1n) is 8.15. The van der Waals surface area contributed by atoms with E-state index >= 15 is 0 Å². The number of halogens is 1. The molecular weight excluding hydrogens is 388 g/mol. The van der Waals surface area contributed by atoms with Crippen LogP contribution in [-0.2, 0) is 16.1 Å². The summed E-state index contributed by atoms with van der Waals surface area (Å²) in [4.78, 5) is 37.7. The van der Waals surface area contributed by atoms with E-state index in [1.165, 1.54) is 40.9 Å². The molecule has 0 unspecified atom stereocenters. The lowest BCUT2D eigenvalue weighted by molar-refractivity contribution is -0.384. The molecule has 0 aromatic heterocycles. The summed E-state index contributed by atoms with van der Waals surface area (Å²) in [6.07, 6.45) is 0. The number of rotatable bonds is 6. The van der Waals surface area contributed by atoms with Crippen LogP contribution in [0.15, 0.2) is 53.4 Å². The Morgan fingerprint density at radius 3 is 2.22 bits per heavy atom. The molecule has 138 valence electrons. The first kappa shape index (κ1) is 19.1. The number of hydrogen-bond donors (Lipinski definition) is 0. The van der Waals surface area contributed by atoms with Gasteiger partial charge in [-0.2, -0.15) is 0 Å². The molecule has 6 nitrogen and oxygen atoms in total. The van der Waals surface area contributed by atoms with Crippen molar-refractivity contribution in [1.82, 2.24) is 4.90 Å². The van der Waals surface area contributed by atoms with Crippen LogP contribution in [0, 0.1) is 10.1 Å². The normalized spacial score (nSPS) is 14.2. The highest BCUT2D eigenvalue weighted by Gasteiger charge is 2.39. The highest BCUT2D eigenvalue weighted by Crippen LogP contribution is 2.37. The summed E-state index contributed by atoms with van der Waals surface area (Å²) in [6.45, 7) is 2.03. The van der Waals surface area contributed by atoms with Crippen molar-refractivity contribution >= 4 is 46.4 Å². The number of carbonyl (C=O) groups excluding carboxylic acids is 2. The standard InChI is InChI=1S/C19H15ClN2O4S/c1-2-27-17-16(13-5-9-15(10-6-13)22(25)26)18(23)21(19(17)24)11-12-3-7-14(20)8-4-12/h3-10H,2,11H2,1H3. The van der Waals surface area contributed by atoms with Crippen molar-refractivity contribution in [3.63, 3.8) is 0 Å². The minimum atomic E-state index is -0.506. The lowest BCUT2D eigenvalue weighted by atomic mass is 10.1. The maximum Gasteiger partial charge on any atom is 0.269 e. The van der Waals surface area contributed by atoms with Gasteiger partial charge in [-0.3, -0.25) is 24.6 Å². The van der Waals surface area contributed by atoms with E-state index in [4.69, 9.17) is 11.6 Å². The zero-order valence-electron chi connectivity index (χ0n) is 14.3. The van der Waals surface area contributed by atoms with Crippen molar-refractivity contribution < 1.29 is 14.5 Å². The van der Waals surface area contributed by atoms with Gasteiger partial charge in [-0.05, 0) is 41.1 Å². The summed E-state index contributed by atoms with van der Waals surface area (Å²) in [5.74, 6) is -0.130. The van der Waals surface area contributed by atoms with Crippen LogP contribution >= 0.6 is 23.4 Å². The van der Waals surface area contributed by atoms with Gasteiger partial charge < -0.3 is 0 Å². The molecule has 0 bridgehead atoms. The molecule has 0 fully saturated rings. The smallest absolute Gasteiger partial charge is 0.269 e. The van der Waals surface area contributed by atoms with E-state index < -0.39 is 10.8 Å². The Hall–Kier alpha value is -2.64. The largest absolute Gasteiger partial charge is 0.269 e. The molecule has 0 aliphatic carbocycles. The van der Waals surface area contributed by atoms with Gasteiger partial charge in [-0.25, -0.2) is 0 Å². The highest BCUT2D eigenvalue weighted by molar-refractivity contribution is 8.04. The molecule has 0 saturated carbocycles. The fourth-order valence-electron chi connectivity index (χ4n) is 2.75. The molecule has 0 saturated heterocycles. The fourth-order valence-corrected chi connectivity index (χ4v) is 3.75. The molecule has 2 aromatic rings. The van der Waals surface area contributed by atoms with E-state index in [1.807, 2.05) is 6.92 Å². The summed E-state index contributed by atoms with van der Waals surface area (Å²) in [5.41, 5.74) is 1.50. The Bertz CT molecular complexity index is 939. The number of amides is 2. The Balaban J connectivity index is 1.95. The number of benzene rings is 2. The Labute approximate surface area is 165 Å². The second-order valence-corrected chi connectivity index (χ2v) is 7.47. The van der Waals surface area contributed by atoms with Gasteiger partial charge in [0.15, 0.2) is 0 Å². The van der Waals surface area contributed by atoms with Crippen molar-refractivity contribution in [2.24, 2.45) is 0 Å². The molecule has 1 aliphatic heterocycles. The Morgan fingerprint density at radius 1 is 1.04 bits per heavy atom. The van der Waals surface area contributed by atoms with Crippen LogP contribution < -0.4 is 0 Å². The van der Waals surface area contributed by atoms with Gasteiger partial charge in [0.25, 0.3) is 17.5 Å². The van der Waals surface area contributed by atoms with Crippen molar-refractivity contribution in [3.05, 3.63) is 79.7 Å². The summed E-state index contributed by atoms with van der Waals surface area (Å²) in [6, 6.07) is 12.6. The molecule has 0 radical (unpaired) electrons. The average Bonchev–Trinajstić information content (AvgIpc) is 2.88. The lowest BCUT2D eigenvalue weighted by Crippen LogP contribution is -2.30. The quantitative estimate of drug-likeness (QED) is 0.409. The van der Waals surface area contributed by atoms with E-state index in [0.717, 1.165) is 5.56 Å². The minimum Gasteiger partial charge on any atom is -0.269 e. The summed E-state index contributed by atoms with van der Waals surface area (Å²) in [5, 5.41) is 11.4. The number of nitrogens with zero attached hydrogens (tertiary/aromatic N) is 2. The van der Waals surface area contributed by atoms with Crippen LogP contribution in [0.3, 0.4) is 0 Å².